The zero-order valence-electron chi connectivity index (χ0n) is 11.5. The summed E-state index contributed by atoms with van der Waals surface area (Å²) in [6, 6.07) is 6.43. The van der Waals surface area contributed by atoms with Crippen molar-refractivity contribution < 1.29 is 14.3 Å². The van der Waals surface area contributed by atoms with Crippen LogP contribution < -0.4 is 5.32 Å². The molecule has 0 radical (unpaired) electrons. The van der Waals surface area contributed by atoms with Gasteiger partial charge in [-0.05, 0) is 30.7 Å². The van der Waals surface area contributed by atoms with Crippen LogP contribution in [-0.4, -0.2) is 28.3 Å². The molecule has 1 N–H and O–H groups in total. The molecule has 2 rings (SSSR count). The fourth-order valence-electron chi connectivity index (χ4n) is 1.66. The number of aromatic nitrogens is 2. The number of carbonyl (C=O) groups is 2. The maximum atomic E-state index is 12.1. The Hall–Kier alpha value is -2.18. The first-order chi connectivity index (χ1) is 10.5. The normalized spacial score (nSPS) is 10.1. The van der Waals surface area contributed by atoms with Crippen LogP contribution in [0.25, 0.3) is 0 Å². The highest BCUT2D eigenvalue weighted by Crippen LogP contribution is 2.26. The zero-order chi connectivity index (χ0) is 16.1. The lowest BCUT2D eigenvalue weighted by Crippen LogP contribution is -2.18. The Balaban J connectivity index is 2.34. The lowest BCUT2D eigenvalue weighted by Gasteiger charge is -2.11. The largest absolute Gasteiger partial charge is 0.460 e. The molecular formula is C14H11Cl2N3O3. The van der Waals surface area contributed by atoms with Crippen LogP contribution in [0, 0.1) is 0 Å². The zero-order valence-corrected chi connectivity index (χ0v) is 13.0. The molecule has 0 fully saturated rings. The van der Waals surface area contributed by atoms with Gasteiger partial charge in [0.1, 0.15) is 5.02 Å². The molecule has 1 aromatic heterocycles. The van der Waals surface area contributed by atoms with Crippen LogP contribution in [0.2, 0.25) is 10.3 Å². The second-order valence-electron chi connectivity index (χ2n) is 4.06. The van der Waals surface area contributed by atoms with Crippen molar-refractivity contribution in [3.8, 4) is 0 Å². The van der Waals surface area contributed by atoms with Crippen LogP contribution in [0.1, 0.15) is 17.3 Å². The Morgan fingerprint density at radius 2 is 2.00 bits per heavy atom. The lowest BCUT2D eigenvalue weighted by atomic mass is 10.1. The summed E-state index contributed by atoms with van der Waals surface area (Å²) in [5, 5.41) is 3.09. The summed E-state index contributed by atoms with van der Waals surface area (Å²) in [5.41, 5.74) is 0.504. The van der Waals surface area contributed by atoms with E-state index in [0.717, 1.165) is 0 Å². The van der Waals surface area contributed by atoms with Gasteiger partial charge in [-0.1, -0.05) is 23.7 Å². The van der Waals surface area contributed by atoms with Gasteiger partial charge in [0.05, 0.1) is 24.1 Å². The van der Waals surface area contributed by atoms with E-state index in [2.05, 4.69) is 15.3 Å². The van der Waals surface area contributed by atoms with Crippen molar-refractivity contribution in [2.45, 2.75) is 6.92 Å². The summed E-state index contributed by atoms with van der Waals surface area (Å²) in [6.45, 7) is 1.74. The van der Waals surface area contributed by atoms with Crippen LogP contribution in [-0.2, 0) is 9.53 Å². The number of nitrogens with one attached hydrogen (secondary N) is 1. The van der Waals surface area contributed by atoms with E-state index in [4.69, 9.17) is 27.9 Å². The molecule has 1 aromatic carbocycles. The summed E-state index contributed by atoms with van der Waals surface area (Å²) in [6.07, 6.45) is 1.33. The average Bonchev–Trinajstić information content (AvgIpc) is 2.51. The standard InChI is InChI=1S/C14H11Cl2N3O3/c1-2-22-13(21)11(20)8-5-3-4-6-10(8)18-12-9(15)7-17-14(16)19-12/h3-7H,2H2,1H3,(H,17,18,19). The number of carbonyl (C=O) groups excluding carboxylic acids is 2. The molecule has 0 aliphatic heterocycles. The van der Waals surface area contributed by atoms with Crippen LogP contribution in [0.3, 0.4) is 0 Å². The van der Waals surface area contributed by atoms with E-state index in [-0.39, 0.29) is 28.3 Å². The highest BCUT2D eigenvalue weighted by molar-refractivity contribution is 6.42. The number of hydrogen-bond donors (Lipinski definition) is 1. The summed E-state index contributed by atoms with van der Waals surface area (Å²) in [7, 11) is 0. The van der Waals surface area contributed by atoms with E-state index in [9.17, 15) is 9.59 Å². The predicted octanol–water partition coefficient (Wildman–Crippen LogP) is 3.27. The van der Waals surface area contributed by atoms with Crippen LogP contribution >= 0.6 is 23.2 Å². The van der Waals surface area contributed by atoms with E-state index >= 15 is 0 Å². The van der Waals surface area contributed by atoms with E-state index in [0.29, 0.717) is 5.69 Å². The Morgan fingerprint density at radius 3 is 2.73 bits per heavy atom. The molecule has 0 atom stereocenters. The third-order valence-electron chi connectivity index (χ3n) is 2.60. The summed E-state index contributed by atoms with van der Waals surface area (Å²) in [5.74, 6) is -1.46. The molecule has 0 saturated heterocycles. The molecule has 0 unspecified atom stereocenters. The number of Topliss-reactive ketones (excluding diaryl/α,β-unsaturated/α-hetero) is 1. The molecular weight excluding hydrogens is 329 g/mol. The third-order valence-corrected chi connectivity index (χ3v) is 3.06. The minimum Gasteiger partial charge on any atom is -0.460 e. The second kappa shape index (κ2) is 7.20. The number of nitrogens with zero attached hydrogens (tertiary/aromatic N) is 2. The van der Waals surface area contributed by atoms with Gasteiger partial charge in [0.15, 0.2) is 5.82 Å². The van der Waals surface area contributed by atoms with Crippen LogP contribution in [0.4, 0.5) is 11.5 Å². The first-order valence-electron chi connectivity index (χ1n) is 6.28. The molecule has 0 bridgehead atoms. The number of anilines is 2. The number of ether oxygens (including phenoxy) is 1. The molecule has 0 saturated carbocycles. The van der Waals surface area contributed by atoms with E-state index in [1.807, 2.05) is 0 Å². The molecule has 0 spiro atoms. The molecule has 22 heavy (non-hydrogen) atoms. The van der Waals surface area contributed by atoms with Crippen molar-refractivity contribution in [2.24, 2.45) is 0 Å². The van der Waals surface area contributed by atoms with Gasteiger partial charge in [-0.25, -0.2) is 9.78 Å². The topological polar surface area (TPSA) is 81.2 Å². The SMILES string of the molecule is CCOC(=O)C(=O)c1ccccc1Nc1nc(Cl)ncc1Cl. The second-order valence-corrected chi connectivity index (χ2v) is 4.80. The maximum Gasteiger partial charge on any atom is 0.379 e. The molecule has 0 amide bonds. The lowest BCUT2D eigenvalue weighted by molar-refractivity contribution is -0.137. The smallest absolute Gasteiger partial charge is 0.379 e. The molecule has 2 aromatic rings. The van der Waals surface area contributed by atoms with Gasteiger partial charge in [0.25, 0.3) is 5.78 Å². The van der Waals surface area contributed by atoms with Crippen molar-refractivity contribution >= 4 is 46.5 Å². The van der Waals surface area contributed by atoms with Crippen molar-refractivity contribution in [1.82, 2.24) is 9.97 Å². The van der Waals surface area contributed by atoms with E-state index in [1.54, 1.807) is 25.1 Å². The fourth-order valence-corrected chi connectivity index (χ4v) is 1.93. The van der Waals surface area contributed by atoms with E-state index in [1.165, 1.54) is 12.3 Å². The summed E-state index contributed by atoms with van der Waals surface area (Å²) < 4.78 is 4.72. The number of hydrogen-bond acceptors (Lipinski definition) is 6. The highest BCUT2D eigenvalue weighted by Gasteiger charge is 2.21. The van der Waals surface area contributed by atoms with Crippen LogP contribution in [0.15, 0.2) is 30.5 Å². The van der Waals surface area contributed by atoms with Crippen molar-refractivity contribution in [3.63, 3.8) is 0 Å². The van der Waals surface area contributed by atoms with E-state index < -0.39 is 11.8 Å². The number of halogens is 2. The third kappa shape index (κ3) is 3.72. The van der Waals surface area contributed by atoms with Gasteiger partial charge in [0.2, 0.25) is 5.28 Å². The molecule has 1 heterocycles. The van der Waals surface area contributed by atoms with Gasteiger partial charge >= 0.3 is 5.97 Å². The summed E-state index contributed by atoms with van der Waals surface area (Å²) in [4.78, 5) is 31.4. The highest BCUT2D eigenvalue weighted by atomic mass is 35.5. The predicted molar refractivity (Wildman–Crippen MR) is 82.7 cm³/mol. The van der Waals surface area contributed by atoms with Gasteiger partial charge in [-0.3, -0.25) is 4.79 Å². The molecule has 8 heteroatoms. The molecule has 114 valence electrons. The minimum atomic E-state index is -0.927. The maximum absolute atomic E-state index is 12.1. The van der Waals surface area contributed by atoms with Gasteiger partial charge in [-0.15, -0.1) is 0 Å². The number of rotatable bonds is 5. The average molecular weight is 340 g/mol. The summed E-state index contributed by atoms with van der Waals surface area (Å²) >= 11 is 11.7. The number of ketones is 1. The van der Waals surface area contributed by atoms with Crippen molar-refractivity contribution in [1.29, 1.82) is 0 Å². The van der Waals surface area contributed by atoms with Gasteiger partial charge in [-0.2, -0.15) is 4.98 Å². The van der Waals surface area contributed by atoms with Gasteiger partial charge < -0.3 is 10.1 Å². The Morgan fingerprint density at radius 1 is 1.27 bits per heavy atom. The number of para-hydroxylation sites is 1. The first kappa shape index (κ1) is 16.2. The quantitative estimate of drug-likeness (QED) is 0.389. The molecule has 0 aliphatic rings. The molecule has 0 aliphatic carbocycles. The Kier molecular flexibility index (Phi) is 5.30. The van der Waals surface area contributed by atoms with Gasteiger partial charge in [0, 0.05) is 0 Å². The Labute approximate surface area is 136 Å². The number of benzene rings is 1. The Bertz CT molecular complexity index is 722. The van der Waals surface area contributed by atoms with Crippen molar-refractivity contribution in [2.75, 3.05) is 11.9 Å². The fraction of sp³-hybridized carbons (Fsp3) is 0.143. The minimum absolute atomic E-state index is 0.00102. The van der Waals surface area contributed by atoms with Crippen molar-refractivity contribution in [3.05, 3.63) is 46.3 Å². The monoisotopic (exact) mass is 339 g/mol. The molecule has 6 nitrogen and oxygen atoms in total. The van der Waals surface area contributed by atoms with Crippen LogP contribution in [0.5, 0.6) is 0 Å². The first-order valence-corrected chi connectivity index (χ1v) is 7.04. The number of esters is 1.